The van der Waals surface area contributed by atoms with Crippen molar-refractivity contribution in [3.8, 4) is 5.75 Å². The van der Waals surface area contributed by atoms with Crippen molar-refractivity contribution < 1.29 is 17.9 Å². The van der Waals surface area contributed by atoms with Crippen molar-refractivity contribution in [3.63, 3.8) is 0 Å². The molecule has 0 saturated heterocycles. The van der Waals surface area contributed by atoms with Crippen LogP contribution >= 0.6 is 11.6 Å². The van der Waals surface area contributed by atoms with E-state index in [0.29, 0.717) is 23.0 Å². The van der Waals surface area contributed by atoms with Crippen molar-refractivity contribution in [1.29, 1.82) is 0 Å². The fraction of sp³-hybridized carbons (Fsp3) is 0.235. The number of rotatable bonds is 4. The number of sulfonamides is 1. The molecule has 1 heterocycles. The van der Waals surface area contributed by atoms with E-state index in [-0.39, 0.29) is 17.3 Å². The highest BCUT2D eigenvalue weighted by atomic mass is 35.5. The smallest absolute Gasteiger partial charge is 0.264 e. The summed E-state index contributed by atoms with van der Waals surface area (Å²) in [7, 11) is -3.86. The number of benzene rings is 2. The lowest BCUT2D eigenvalue weighted by Crippen LogP contribution is -2.50. The van der Waals surface area contributed by atoms with Gasteiger partial charge in [-0.3, -0.25) is 9.10 Å². The number of hydrogen-bond acceptors (Lipinski definition) is 4. The Morgan fingerprint density at radius 1 is 1.24 bits per heavy atom. The Hall–Kier alpha value is -2.25. The summed E-state index contributed by atoms with van der Waals surface area (Å²) in [6, 6.07) is 12.7. The molecular formula is C17H17ClN2O4S. The van der Waals surface area contributed by atoms with Crippen molar-refractivity contribution in [1.82, 2.24) is 5.32 Å². The molecule has 0 radical (unpaired) electrons. The summed E-state index contributed by atoms with van der Waals surface area (Å²) in [5.41, 5.74) is 0.401. The van der Waals surface area contributed by atoms with Gasteiger partial charge in [0.05, 0.1) is 17.1 Å². The summed E-state index contributed by atoms with van der Waals surface area (Å²) in [6.07, 6.45) is -0.920. The Bertz CT molecular complexity index is 884. The number of halogens is 1. The average Bonchev–Trinajstić information content (AvgIpc) is 2.61. The molecule has 1 unspecified atom stereocenters. The molecule has 0 aliphatic carbocycles. The fourth-order valence-corrected chi connectivity index (χ4v) is 4.19. The van der Waals surface area contributed by atoms with Crippen molar-refractivity contribution in [2.24, 2.45) is 0 Å². The monoisotopic (exact) mass is 380 g/mol. The first-order valence-corrected chi connectivity index (χ1v) is 9.57. The van der Waals surface area contributed by atoms with Crippen LogP contribution in [0.15, 0.2) is 53.4 Å². The molecular weight excluding hydrogens is 364 g/mol. The van der Waals surface area contributed by atoms with E-state index in [2.05, 4.69) is 5.32 Å². The second-order valence-corrected chi connectivity index (χ2v) is 7.76. The Morgan fingerprint density at radius 2 is 1.92 bits per heavy atom. The van der Waals surface area contributed by atoms with E-state index < -0.39 is 16.1 Å². The average molecular weight is 381 g/mol. The van der Waals surface area contributed by atoms with Gasteiger partial charge in [0.1, 0.15) is 5.75 Å². The Kier molecular flexibility index (Phi) is 4.87. The van der Waals surface area contributed by atoms with Gasteiger partial charge in [-0.15, -0.1) is 0 Å². The summed E-state index contributed by atoms with van der Waals surface area (Å²) in [5.74, 6) is -0.00384. The highest BCUT2D eigenvalue weighted by molar-refractivity contribution is 7.92. The number of nitrogens with one attached hydrogen (secondary N) is 1. The Labute approximate surface area is 151 Å². The predicted octanol–water partition coefficient (Wildman–Crippen LogP) is 2.43. The standard InChI is InChI=1S/C17H17ClN2O4S/c1-2-19-17(21)16-11-20(14-5-3-4-6-15(14)24-16)25(22,23)13-9-7-12(18)8-10-13/h3-10,16H,2,11H2,1H3,(H,19,21). The topological polar surface area (TPSA) is 75.7 Å². The lowest BCUT2D eigenvalue weighted by molar-refractivity contribution is -0.127. The third kappa shape index (κ3) is 3.43. The first-order chi connectivity index (χ1) is 11.9. The zero-order chi connectivity index (χ0) is 18.0. The molecule has 8 heteroatoms. The van der Waals surface area contributed by atoms with Crippen LogP contribution in [0.25, 0.3) is 0 Å². The number of nitrogens with zero attached hydrogens (tertiary/aromatic N) is 1. The minimum absolute atomic E-state index is 0.100. The summed E-state index contributed by atoms with van der Waals surface area (Å²) in [6.45, 7) is 2.12. The molecule has 0 aromatic heterocycles. The van der Waals surface area contributed by atoms with Gasteiger partial charge in [0, 0.05) is 11.6 Å². The van der Waals surface area contributed by atoms with E-state index in [1.54, 1.807) is 31.2 Å². The van der Waals surface area contributed by atoms with Crippen LogP contribution in [-0.2, 0) is 14.8 Å². The number of carbonyl (C=O) groups is 1. The van der Waals surface area contributed by atoms with Crippen molar-refractivity contribution in [2.75, 3.05) is 17.4 Å². The molecule has 1 aliphatic heterocycles. The first kappa shape index (κ1) is 17.6. The highest BCUT2D eigenvalue weighted by Crippen LogP contribution is 2.36. The van der Waals surface area contributed by atoms with E-state index in [0.717, 1.165) is 0 Å². The minimum Gasteiger partial charge on any atom is -0.476 e. The third-order valence-electron chi connectivity index (χ3n) is 3.78. The number of hydrogen-bond donors (Lipinski definition) is 1. The molecule has 2 aromatic carbocycles. The van der Waals surface area contributed by atoms with Gasteiger partial charge in [-0.2, -0.15) is 0 Å². The van der Waals surface area contributed by atoms with Gasteiger partial charge in [0.25, 0.3) is 15.9 Å². The zero-order valence-electron chi connectivity index (χ0n) is 13.5. The van der Waals surface area contributed by atoms with Crippen molar-refractivity contribution in [2.45, 2.75) is 17.9 Å². The van der Waals surface area contributed by atoms with Crippen LogP contribution in [-0.4, -0.2) is 33.5 Å². The summed E-state index contributed by atoms with van der Waals surface area (Å²) >= 11 is 5.85. The van der Waals surface area contributed by atoms with Crippen molar-refractivity contribution >= 4 is 33.2 Å². The molecule has 3 rings (SSSR count). The van der Waals surface area contributed by atoms with E-state index in [4.69, 9.17) is 16.3 Å². The van der Waals surface area contributed by atoms with Gasteiger partial charge >= 0.3 is 0 Å². The normalized spacial score (nSPS) is 16.7. The van der Waals surface area contributed by atoms with E-state index in [9.17, 15) is 13.2 Å². The van der Waals surface area contributed by atoms with Gasteiger partial charge in [-0.1, -0.05) is 23.7 Å². The molecule has 6 nitrogen and oxygen atoms in total. The maximum absolute atomic E-state index is 13.1. The van der Waals surface area contributed by atoms with Crippen LogP contribution in [0, 0.1) is 0 Å². The number of amides is 1. The first-order valence-electron chi connectivity index (χ1n) is 7.75. The Morgan fingerprint density at radius 3 is 2.60 bits per heavy atom. The van der Waals surface area contributed by atoms with Crippen LogP contribution in [0.2, 0.25) is 5.02 Å². The molecule has 1 N–H and O–H groups in total. The number of fused-ring (bicyclic) bond motifs is 1. The lowest BCUT2D eigenvalue weighted by atomic mass is 10.2. The molecule has 1 amide bonds. The molecule has 1 aliphatic rings. The number of likely N-dealkylation sites (N-methyl/N-ethyl adjacent to an activating group) is 1. The van der Waals surface area contributed by atoms with E-state index in [1.807, 2.05) is 0 Å². The molecule has 2 aromatic rings. The quantitative estimate of drug-likeness (QED) is 0.883. The highest BCUT2D eigenvalue weighted by Gasteiger charge is 2.37. The molecule has 0 spiro atoms. The Balaban J connectivity index is 2.03. The van der Waals surface area contributed by atoms with Crippen molar-refractivity contribution in [3.05, 3.63) is 53.6 Å². The zero-order valence-corrected chi connectivity index (χ0v) is 15.0. The number of carbonyl (C=O) groups excluding carboxylic acids is 1. The second kappa shape index (κ2) is 6.93. The van der Waals surface area contributed by atoms with Crippen LogP contribution in [0.5, 0.6) is 5.75 Å². The molecule has 25 heavy (non-hydrogen) atoms. The van der Waals surface area contributed by atoms with Crippen LogP contribution in [0.1, 0.15) is 6.92 Å². The van der Waals surface area contributed by atoms with Gasteiger partial charge in [0.15, 0.2) is 6.10 Å². The number of ether oxygens (including phenoxy) is 1. The molecule has 132 valence electrons. The van der Waals surface area contributed by atoms with Gasteiger partial charge in [-0.25, -0.2) is 8.42 Å². The van der Waals surface area contributed by atoms with Gasteiger partial charge in [0.2, 0.25) is 0 Å². The van der Waals surface area contributed by atoms with E-state index >= 15 is 0 Å². The number of anilines is 1. The summed E-state index contributed by atoms with van der Waals surface area (Å²) in [5, 5.41) is 3.11. The van der Waals surface area contributed by atoms with E-state index in [1.165, 1.54) is 28.6 Å². The summed E-state index contributed by atoms with van der Waals surface area (Å²) in [4.78, 5) is 12.3. The maximum atomic E-state index is 13.1. The van der Waals surface area contributed by atoms with Crippen LogP contribution < -0.4 is 14.4 Å². The molecule has 0 bridgehead atoms. The largest absolute Gasteiger partial charge is 0.476 e. The molecule has 0 saturated carbocycles. The fourth-order valence-electron chi connectivity index (χ4n) is 2.59. The third-order valence-corrected chi connectivity index (χ3v) is 5.83. The maximum Gasteiger partial charge on any atom is 0.264 e. The SMILES string of the molecule is CCNC(=O)C1CN(S(=O)(=O)c2ccc(Cl)cc2)c2ccccc2O1. The van der Waals surface area contributed by atoms with Crippen LogP contribution in [0.4, 0.5) is 5.69 Å². The minimum atomic E-state index is -3.86. The lowest BCUT2D eigenvalue weighted by Gasteiger charge is -2.34. The molecule has 0 fully saturated rings. The molecule has 1 atom stereocenters. The van der Waals surface area contributed by atoms with Gasteiger partial charge < -0.3 is 10.1 Å². The van der Waals surface area contributed by atoms with Gasteiger partial charge in [-0.05, 0) is 43.3 Å². The number of para-hydroxylation sites is 2. The second-order valence-electron chi connectivity index (χ2n) is 5.46. The summed E-state index contributed by atoms with van der Waals surface area (Å²) < 4.78 is 33.1. The predicted molar refractivity (Wildman–Crippen MR) is 95.5 cm³/mol. The van der Waals surface area contributed by atoms with Crippen LogP contribution in [0.3, 0.4) is 0 Å².